The summed E-state index contributed by atoms with van der Waals surface area (Å²) in [6, 6.07) is 12.5. The van der Waals surface area contributed by atoms with Crippen LogP contribution in [0.25, 0.3) is 0 Å². The van der Waals surface area contributed by atoms with Gasteiger partial charge in [0, 0.05) is 18.7 Å². The van der Waals surface area contributed by atoms with E-state index in [0.29, 0.717) is 11.3 Å². The lowest BCUT2D eigenvalue weighted by atomic mass is 10.1. The number of hydrogen-bond acceptors (Lipinski definition) is 4. The number of amides is 2. The zero-order valence-electron chi connectivity index (χ0n) is 16.3. The Kier molecular flexibility index (Phi) is 5.78. The molecule has 1 atom stereocenters. The van der Waals surface area contributed by atoms with Gasteiger partial charge in [0.15, 0.2) is 0 Å². The largest absolute Gasteiger partial charge is 0.462 e. The van der Waals surface area contributed by atoms with Crippen LogP contribution in [0.2, 0.25) is 0 Å². The van der Waals surface area contributed by atoms with Gasteiger partial charge in [0.2, 0.25) is 11.8 Å². The number of anilines is 2. The quantitative estimate of drug-likeness (QED) is 0.806. The highest BCUT2D eigenvalue weighted by atomic mass is 16.5. The van der Waals surface area contributed by atoms with E-state index < -0.39 is 11.9 Å². The summed E-state index contributed by atoms with van der Waals surface area (Å²) in [4.78, 5) is 39.0. The maximum Gasteiger partial charge on any atom is 0.340 e. The summed E-state index contributed by atoms with van der Waals surface area (Å²) >= 11 is 0. The van der Waals surface area contributed by atoms with Crippen LogP contribution in [0.3, 0.4) is 0 Å². The standard InChI is InChI=1S/C22H24N2O4/c1-4-28-22(27)17-9-5-6-11-19(17)24-13-16(12-20(24)25)21(26)23-18-10-7-8-14(2)15(18)3/h5-11,16H,4,12-13H2,1-3H3,(H,23,26). The molecule has 2 amide bonds. The molecule has 3 rings (SSSR count). The van der Waals surface area contributed by atoms with Gasteiger partial charge in [-0.25, -0.2) is 4.79 Å². The summed E-state index contributed by atoms with van der Waals surface area (Å²) in [7, 11) is 0. The minimum absolute atomic E-state index is 0.105. The molecule has 0 bridgehead atoms. The Hall–Kier alpha value is -3.15. The van der Waals surface area contributed by atoms with Crippen molar-refractivity contribution in [1.82, 2.24) is 0 Å². The van der Waals surface area contributed by atoms with Gasteiger partial charge >= 0.3 is 5.97 Å². The fourth-order valence-electron chi connectivity index (χ4n) is 3.33. The zero-order chi connectivity index (χ0) is 20.3. The van der Waals surface area contributed by atoms with E-state index in [-0.39, 0.29) is 31.4 Å². The topological polar surface area (TPSA) is 75.7 Å². The molecule has 0 radical (unpaired) electrons. The molecule has 1 saturated heterocycles. The van der Waals surface area contributed by atoms with Gasteiger partial charge in [0.05, 0.1) is 23.8 Å². The van der Waals surface area contributed by atoms with Crippen LogP contribution in [-0.2, 0) is 14.3 Å². The van der Waals surface area contributed by atoms with Crippen molar-refractivity contribution in [3.63, 3.8) is 0 Å². The molecular weight excluding hydrogens is 356 g/mol. The van der Waals surface area contributed by atoms with Crippen molar-refractivity contribution in [2.24, 2.45) is 5.92 Å². The van der Waals surface area contributed by atoms with Gasteiger partial charge in [0.1, 0.15) is 0 Å². The molecule has 1 fully saturated rings. The van der Waals surface area contributed by atoms with Gasteiger partial charge < -0.3 is 15.0 Å². The fraction of sp³-hybridized carbons (Fsp3) is 0.318. The third-order valence-corrected chi connectivity index (χ3v) is 5.05. The number of rotatable bonds is 5. The molecule has 1 aliphatic heterocycles. The van der Waals surface area contributed by atoms with Gasteiger partial charge in [-0.2, -0.15) is 0 Å². The van der Waals surface area contributed by atoms with Crippen molar-refractivity contribution < 1.29 is 19.1 Å². The Bertz CT molecular complexity index is 923. The highest BCUT2D eigenvalue weighted by Crippen LogP contribution is 2.30. The van der Waals surface area contributed by atoms with Crippen molar-refractivity contribution in [2.75, 3.05) is 23.4 Å². The number of nitrogens with one attached hydrogen (secondary N) is 1. The van der Waals surface area contributed by atoms with E-state index in [4.69, 9.17) is 4.74 Å². The molecule has 6 heteroatoms. The lowest BCUT2D eigenvalue weighted by Crippen LogP contribution is -2.29. The first-order chi connectivity index (χ1) is 13.4. The van der Waals surface area contributed by atoms with E-state index in [1.165, 1.54) is 4.90 Å². The number of para-hydroxylation sites is 1. The lowest BCUT2D eigenvalue weighted by Gasteiger charge is -2.20. The van der Waals surface area contributed by atoms with E-state index in [0.717, 1.165) is 16.8 Å². The smallest absolute Gasteiger partial charge is 0.340 e. The molecule has 0 saturated carbocycles. The van der Waals surface area contributed by atoms with E-state index in [9.17, 15) is 14.4 Å². The third-order valence-electron chi connectivity index (χ3n) is 5.05. The van der Waals surface area contributed by atoms with Crippen molar-refractivity contribution in [1.29, 1.82) is 0 Å². The van der Waals surface area contributed by atoms with E-state index >= 15 is 0 Å². The molecule has 0 spiro atoms. The highest BCUT2D eigenvalue weighted by molar-refractivity contribution is 6.07. The number of hydrogen-bond donors (Lipinski definition) is 1. The van der Waals surface area contributed by atoms with Crippen LogP contribution in [-0.4, -0.2) is 30.9 Å². The first-order valence-corrected chi connectivity index (χ1v) is 9.36. The summed E-state index contributed by atoms with van der Waals surface area (Å²) in [6.07, 6.45) is 0.105. The number of benzene rings is 2. The Morgan fingerprint density at radius 3 is 2.64 bits per heavy atom. The lowest BCUT2D eigenvalue weighted by molar-refractivity contribution is -0.122. The van der Waals surface area contributed by atoms with Crippen molar-refractivity contribution in [2.45, 2.75) is 27.2 Å². The molecule has 0 aromatic heterocycles. The molecule has 1 N–H and O–H groups in total. The maximum atomic E-state index is 12.7. The predicted octanol–water partition coefficient (Wildman–Crippen LogP) is 3.47. The molecule has 2 aromatic rings. The number of esters is 1. The van der Waals surface area contributed by atoms with Gasteiger partial charge in [-0.1, -0.05) is 24.3 Å². The predicted molar refractivity (Wildman–Crippen MR) is 107 cm³/mol. The van der Waals surface area contributed by atoms with Crippen molar-refractivity contribution in [3.8, 4) is 0 Å². The summed E-state index contributed by atoms with van der Waals surface area (Å²) in [5, 5.41) is 2.93. The highest BCUT2D eigenvalue weighted by Gasteiger charge is 2.36. The molecule has 28 heavy (non-hydrogen) atoms. The molecule has 146 valence electrons. The normalized spacial score (nSPS) is 16.2. The average Bonchev–Trinajstić information content (AvgIpc) is 3.07. The fourth-order valence-corrected chi connectivity index (χ4v) is 3.33. The Balaban J connectivity index is 1.78. The van der Waals surface area contributed by atoms with Crippen LogP contribution in [0.15, 0.2) is 42.5 Å². The van der Waals surface area contributed by atoms with Gasteiger partial charge in [0.25, 0.3) is 0 Å². The van der Waals surface area contributed by atoms with Crippen molar-refractivity contribution >= 4 is 29.2 Å². The molecule has 1 unspecified atom stereocenters. The second-order valence-corrected chi connectivity index (χ2v) is 6.88. The number of nitrogens with zero attached hydrogens (tertiary/aromatic N) is 1. The number of aryl methyl sites for hydroxylation is 1. The summed E-state index contributed by atoms with van der Waals surface area (Å²) in [5.74, 6) is -1.34. The minimum atomic E-state index is -0.484. The van der Waals surface area contributed by atoms with Gasteiger partial charge in [-0.3, -0.25) is 9.59 Å². The van der Waals surface area contributed by atoms with E-state index in [2.05, 4.69) is 5.32 Å². The second-order valence-electron chi connectivity index (χ2n) is 6.88. The first kappa shape index (κ1) is 19.6. The van der Waals surface area contributed by atoms with Crippen LogP contribution in [0.4, 0.5) is 11.4 Å². The molecule has 0 aliphatic carbocycles. The summed E-state index contributed by atoms with van der Waals surface area (Å²) in [5.41, 5.74) is 3.65. The molecule has 1 heterocycles. The Morgan fingerprint density at radius 2 is 1.89 bits per heavy atom. The molecule has 6 nitrogen and oxygen atoms in total. The molecule has 2 aromatic carbocycles. The van der Waals surface area contributed by atoms with Crippen LogP contribution < -0.4 is 10.2 Å². The number of carbonyl (C=O) groups excluding carboxylic acids is 3. The van der Waals surface area contributed by atoms with E-state index in [1.807, 2.05) is 32.0 Å². The van der Waals surface area contributed by atoms with Gasteiger partial charge in [-0.15, -0.1) is 0 Å². The van der Waals surface area contributed by atoms with Crippen molar-refractivity contribution in [3.05, 3.63) is 59.2 Å². The average molecular weight is 380 g/mol. The van der Waals surface area contributed by atoms with Crippen LogP contribution in [0, 0.1) is 19.8 Å². The zero-order valence-corrected chi connectivity index (χ0v) is 16.3. The summed E-state index contributed by atoms with van der Waals surface area (Å²) in [6.45, 7) is 6.15. The molecule has 1 aliphatic rings. The number of carbonyl (C=O) groups is 3. The first-order valence-electron chi connectivity index (χ1n) is 9.36. The minimum Gasteiger partial charge on any atom is -0.462 e. The van der Waals surface area contributed by atoms with Gasteiger partial charge in [-0.05, 0) is 50.1 Å². The monoisotopic (exact) mass is 380 g/mol. The van der Waals surface area contributed by atoms with Crippen LogP contribution >= 0.6 is 0 Å². The Labute approximate surface area is 164 Å². The maximum absolute atomic E-state index is 12.7. The summed E-state index contributed by atoms with van der Waals surface area (Å²) < 4.78 is 5.08. The third kappa shape index (κ3) is 3.91. The van der Waals surface area contributed by atoms with Crippen LogP contribution in [0.1, 0.15) is 34.8 Å². The number of ether oxygens (including phenoxy) is 1. The SMILES string of the molecule is CCOC(=O)c1ccccc1N1CC(C(=O)Nc2cccc(C)c2C)CC1=O. The molecular formula is C22H24N2O4. The Morgan fingerprint density at radius 1 is 1.14 bits per heavy atom. The van der Waals surface area contributed by atoms with E-state index in [1.54, 1.807) is 31.2 Å². The van der Waals surface area contributed by atoms with Crippen LogP contribution in [0.5, 0.6) is 0 Å². The second kappa shape index (κ2) is 8.25.